The molecule has 0 radical (unpaired) electrons. The molecule has 1 aromatic rings. The fraction of sp³-hybridized carbons (Fsp3) is 0.250. The normalized spacial score (nSPS) is 11.4. The average molecular weight is 236 g/mol. The number of hydrogen-bond acceptors (Lipinski definition) is 3. The van der Waals surface area contributed by atoms with E-state index in [1.165, 1.54) is 6.07 Å². The Bertz CT molecular complexity index is 456. The third-order valence-electron chi connectivity index (χ3n) is 1.56. The van der Waals surface area contributed by atoms with Gasteiger partial charge in [0.05, 0.1) is 11.9 Å². The molecule has 0 aromatic heterocycles. The van der Waals surface area contributed by atoms with Crippen LogP contribution in [0.15, 0.2) is 12.1 Å². The summed E-state index contributed by atoms with van der Waals surface area (Å²) in [6.45, 7) is 1.63. The van der Waals surface area contributed by atoms with Crippen molar-refractivity contribution in [2.75, 3.05) is 11.0 Å². The molecule has 0 saturated heterocycles. The van der Waals surface area contributed by atoms with Gasteiger partial charge in [-0.15, -0.1) is 0 Å². The second kappa shape index (κ2) is 3.67. The van der Waals surface area contributed by atoms with Crippen LogP contribution < -0.4 is 4.72 Å². The number of benzene rings is 1. The van der Waals surface area contributed by atoms with E-state index in [4.69, 9.17) is 11.6 Å². The van der Waals surface area contributed by atoms with Crippen molar-refractivity contribution in [3.8, 4) is 5.75 Å². The summed E-state index contributed by atoms with van der Waals surface area (Å²) >= 11 is 5.71. The quantitative estimate of drug-likeness (QED) is 0.768. The number of halogens is 1. The molecule has 78 valence electrons. The second-order valence-electron chi connectivity index (χ2n) is 2.99. The first kappa shape index (κ1) is 11.1. The molecule has 1 rings (SSSR count). The van der Waals surface area contributed by atoms with E-state index in [-0.39, 0.29) is 11.4 Å². The fourth-order valence-electron chi connectivity index (χ4n) is 1.01. The maximum Gasteiger partial charge on any atom is 0.229 e. The molecule has 0 saturated carbocycles. The first-order valence-electron chi connectivity index (χ1n) is 3.76. The van der Waals surface area contributed by atoms with E-state index in [1.54, 1.807) is 13.0 Å². The Balaban J connectivity index is 3.22. The van der Waals surface area contributed by atoms with Crippen molar-refractivity contribution >= 4 is 27.3 Å². The standard InChI is InChI=1S/C8H10ClNO3S/c1-5-3-6(9)4-7(8(5)11)10-14(2,12)13/h3-4,10-11H,1-2H3. The Kier molecular flexibility index (Phi) is 2.92. The summed E-state index contributed by atoms with van der Waals surface area (Å²) in [4.78, 5) is 0. The largest absolute Gasteiger partial charge is 0.505 e. The van der Waals surface area contributed by atoms with Crippen molar-refractivity contribution in [3.05, 3.63) is 22.7 Å². The van der Waals surface area contributed by atoms with Gasteiger partial charge in [0.2, 0.25) is 10.0 Å². The zero-order valence-corrected chi connectivity index (χ0v) is 9.28. The van der Waals surface area contributed by atoms with Gasteiger partial charge in [-0.3, -0.25) is 4.72 Å². The Morgan fingerprint density at radius 3 is 2.50 bits per heavy atom. The highest BCUT2D eigenvalue weighted by molar-refractivity contribution is 7.92. The monoisotopic (exact) mass is 235 g/mol. The van der Waals surface area contributed by atoms with Gasteiger partial charge in [0.1, 0.15) is 5.75 Å². The van der Waals surface area contributed by atoms with Crippen LogP contribution in [0.3, 0.4) is 0 Å². The van der Waals surface area contributed by atoms with Crippen LogP contribution in [0.25, 0.3) is 0 Å². The molecule has 0 aliphatic carbocycles. The van der Waals surface area contributed by atoms with Gasteiger partial charge in [-0.2, -0.15) is 0 Å². The number of hydrogen-bond donors (Lipinski definition) is 2. The second-order valence-corrected chi connectivity index (χ2v) is 5.18. The number of aromatic hydroxyl groups is 1. The van der Waals surface area contributed by atoms with Gasteiger partial charge in [0, 0.05) is 5.02 Å². The molecule has 0 fully saturated rings. The number of phenolic OH excluding ortho intramolecular Hbond substituents is 1. The highest BCUT2D eigenvalue weighted by Gasteiger charge is 2.09. The topological polar surface area (TPSA) is 66.4 Å². The van der Waals surface area contributed by atoms with Crippen molar-refractivity contribution in [3.63, 3.8) is 0 Å². The Hall–Kier alpha value is -0.940. The summed E-state index contributed by atoms with van der Waals surface area (Å²) in [5.74, 6) is -0.111. The van der Waals surface area contributed by atoms with Crippen LogP contribution in [0.1, 0.15) is 5.56 Å². The van der Waals surface area contributed by atoms with Crippen LogP contribution in [0.4, 0.5) is 5.69 Å². The summed E-state index contributed by atoms with van der Waals surface area (Å²) in [6.07, 6.45) is 1.00. The number of phenols is 1. The number of rotatable bonds is 2. The molecule has 0 amide bonds. The summed E-state index contributed by atoms with van der Waals surface area (Å²) in [5.41, 5.74) is 0.612. The number of sulfonamides is 1. The minimum absolute atomic E-state index is 0.0949. The lowest BCUT2D eigenvalue weighted by Crippen LogP contribution is -2.09. The lowest BCUT2D eigenvalue weighted by molar-refractivity contribution is 0.473. The maximum atomic E-state index is 10.9. The SMILES string of the molecule is Cc1cc(Cl)cc(NS(C)(=O)=O)c1O. The van der Waals surface area contributed by atoms with Crippen molar-refractivity contribution in [1.82, 2.24) is 0 Å². The summed E-state index contributed by atoms with van der Waals surface area (Å²) in [5, 5.41) is 9.87. The smallest absolute Gasteiger partial charge is 0.229 e. The highest BCUT2D eigenvalue weighted by atomic mass is 35.5. The van der Waals surface area contributed by atoms with E-state index in [1.807, 2.05) is 0 Å². The average Bonchev–Trinajstić information content (AvgIpc) is 1.96. The van der Waals surface area contributed by atoms with Gasteiger partial charge in [0.15, 0.2) is 0 Å². The van der Waals surface area contributed by atoms with Crippen LogP contribution in [0.5, 0.6) is 5.75 Å². The van der Waals surface area contributed by atoms with Gasteiger partial charge in [-0.25, -0.2) is 8.42 Å². The van der Waals surface area contributed by atoms with Crippen molar-refractivity contribution < 1.29 is 13.5 Å². The zero-order valence-electron chi connectivity index (χ0n) is 7.70. The molecule has 2 N–H and O–H groups in total. The van der Waals surface area contributed by atoms with E-state index in [2.05, 4.69) is 4.72 Å². The molecule has 0 heterocycles. The molecule has 6 heteroatoms. The minimum atomic E-state index is -3.40. The van der Waals surface area contributed by atoms with Gasteiger partial charge in [0.25, 0.3) is 0 Å². The minimum Gasteiger partial charge on any atom is -0.505 e. The predicted molar refractivity (Wildman–Crippen MR) is 56.3 cm³/mol. The molecule has 0 atom stereocenters. The van der Waals surface area contributed by atoms with Gasteiger partial charge >= 0.3 is 0 Å². The fourth-order valence-corrected chi connectivity index (χ4v) is 1.84. The summed E-state index contributed by atoms with van der Waals surface area (Å²) in [7, 11) is -3.40. The molecule has 0 bridgehead atoms. The maximum absolute atomic E-state index is 10.9. The lowest BCUT2D eigenvalue weighted by Gasteiger charge is -2.08. The molecular formula is C8H10ClNO3S. The number of aryl methyl sites for hydroxylation is 1. The van der Waals surface area contributed by atoms with Crippen LogP contribution in [-0.2, 0) is 10.0 Å². The molecule has 1 aromatic carbocycles. The highest BCUT2D eigenvalue weighted by Crippen LogP contribution is 2.31. The lowest BCUT2D eigenvalue weighted by atomic mass is 10.2. The van der Waals surface area contributed by atoms with E-state index >= 15 is 0 Å². The number of anilines is 1. The van der Waals surface area contributed by atoms with Crippen molar-refractivity contribution in [2.45, 2.75) is 6.92 Å². The van der Waals surface area contributed by atoms with Crippen LogP contribution in [0.2, 0.25) is 5.02 Å². The molecular weight excluding hydrogens is 226 g/mol. The van der Waals surface area contributed by atoms with Gasteiger partial charge in [-0.1, -0.05) is 11.6 Å². The summed E-state index contributed by atoms with van der Waals surface area (Å²) in [6, 6.07) is 2.90. The van der Waals surface area contributed by atoms with Crippen molar-refractivity contribution in [2.24, 2.45) is 0 Å². The van der Waals surface area contributed by atoms with E-state index in [0.717, 1.165) is 6.26 Å². The number of nitrogens with one attached hydrogen (secondary N) is 1. The van der Waals surface area contributed by atoms with Gasteiger partial charge < -0.3 is 5.11 Å². The third-order valence-corrected chi connectivity index (χ3v) is 2.37. The Morgan fingerprint density at radius 2 is 2.00 bits per heavy atom. The molecule has 0 spiro atoms. The molecule has 0 aliphatic heterocycles. The summed E-state index contributed by atoms with van der Waals surface area (Å²) < 4.78 is 24.0. The molecule has 14 heavy (non-hydrogen) atoms. The van der Waals surface area contributed by atoms with Crippen LogP contribution in [-0.4, -0.2) is 19.8 Å². The predicted octanol–water partition coefficient (Wildman–Crippen LogP) is 1.73. The van der Waals surface area contributed by atoms with E-state index < -0.39 is 10.0 Å². The first-order chi connectivity index (χ1) is 6.29. The van der Waals surface area contributed by atoms with Crippen LogP contribution >= 0.6 is 11.6 Å². The van der Waals surface area contributed by atoms with Gasteiger partial charge in [-0.05, 0) is 24.6 Å². The van der Waals surface area contributed by atoms with E-state index in [9.17, 15) is 13.5 Å². The third kappa shape index (κ3) is 2.78. The van der Waals surface area contributed by atoms with Crippen molar-refractivity contribution in [1.29, 1.82) is 0 Å². The molecule has 0 aliphatic rings. The molecule has 4 nitrogen and oxygen atoms in total. The van der Waals surface area contributed by atoms with E-state index in [0.29, 0.717) is 10.6 Å². The Morgan fingerprint density at radius 1 is 1.43 bits per heavy atom. The Labute approximate surface area is 87.6 Å². The van der Waals surface area contributed by atoms with Crippen LogP contribution in [0, 0.1) is 6.92 Å². The first-order valence-corrected chi connectivity index (χ1v) is 6.03. The molecule has 0 unspecified atom stereocenters. The zero-order chi connectivity index (χ0) is 10.9.